The van der Waals surface area contributed by atoms with Gasteiger partial charge in [0, 0.05) is 69.2 Å². The maximum absolute atomic E-state index is 13.2. The predicted molar refractivity (Wildman–Crippen MR) is 137 cm³/mol. The minimum absolute atomic E-state index is 0.162. The second kappa shape index (κ2) is 10.5. The number of pyridine rings is 1. The van der Waals surface area contributed by atoms with E-state index >= 15 is 0 Å². The van der Waals surface area contributed by atoms with Crippen molar-refractivity contribution in [2.24, 2.45) is 0 Å². The van der Waals surface area contributed by atoms with Gasteiger partial charge in [-0.15, -0.1) is 0 Å². The fourth-order valence-corrected chi connectivity index (χ4v) is 4.98. The van der Waals surface area contributed by atoms with E-state index in [1.54, 1.807) is 40.1 Å². The average Bonchev–Trinajstić information content (AvgIpc) is 3.38. The van der Waals surface area contributed by atoms with Gasteiger partial charge in [0.15, 0.2) is 0 Å². The van der Waals surface area contributed by atoms with Gasteiger partial charge in [0.1, 0.15) is 0 Å². The van der Waals surface area contributed by atoms with E-state index < -0.39 is 10.2 Å². The Labute approximate surface area is 215 Å². The maximum atomic E-state index is 13.2. The summed E-state index contributed by atoms with van der Waals surface area (Å²) in [7, 11) is -0.745. The molecular weight excluding hydrogens is 506 g/mol. The molecule has 10 nitrogen and oxygen atoms in total. The minimum atomic E-state index is -3.65. The van der Waals surface area contributed by atoms with Crippen LogP contribution in [0.4, 0.5) is 4.79 Å². The Hall–Kier alpha value is -3.15. The second-order valence-corrected chi connectivity index (χ2v) is 11.1. The molecule has 12 heteroatoms. The number of aromatic nitrogens is 2. The van der Waals surface area contributed by atoms with Gasteiger partial charge in [0.05, 0.1) is 22.8 Å². The summed E-state index contributed by atoms with van der Waals surface area (Å²) < 4.78 is 32.2. The first kappa shape index (κ1) is 25.9. The van der Waals surface area contributed by atoms with Crippen molar-refractivity contribution >= 4 is 44.7 Å². The first-order valence-electron chi connectivity index (χ1n) is 11.5. The molecule has 3 heterocycles. The Morgan fingerprint density at radius 2 is 1.78 bits per heavy atom. The Morgan fingerprint density at radius 3 is 2.44 bits per heavy atom. The zero-order valence-electron chi connectivity index (χ0n) is 20.3. The first-order valence-corrected chi connectivity index (χ1v) is 13.3. The quantitative estimate of drug-likeness (QED) is 0.481. The third-order valence-corrected chi connectivity index (χ3v) is 7.95. The standard InChI is InChI=1S/C24H28ClN5O5S/c1-4-13-35-24(32)29-11-9-28(10-12-29)23(31)17-5-6-19-20(25)15-21(26-22(19)14-17)18-7-8-30(16-18)36(33,34)27(2)3/h5-8,14-16H,4,9-13H2,1-3H3. The van der Waals surface area contributed by atoms with Crippen molar-refractivity contribution in [3.05, 3.63) is 53.3 Å². The molecule has 192 valence electrons. The molecule has 1 aliphatic heterocycles. The fraction of sp³-hybridized carbons (Fsp3) is 0.375. The molecule has 4 rings (SSSR count). The van der Waals surface area contributed by atoms with Crippen LogP contribution in [-0.2, 0) is 14.9 Å². The van der Waals surface area contributed by atoms with E-state index in [0.717, 1.165) is 14.7 Å². The van der Waals surface area contributed by atoms with Crippen LogP contribution in [0.15, 0.2) is 42.7 Å². The van der Waals surface area contributed by atoms with E-state index in [1.165, 1.54) is 26.5 Å². The monoisotopic (exact) mass is 533 g/mol. The van der Waals surface area contributed by atoms with Crippen molar-refractivity contribution in [2.75, 3.05) is 46.9 Å². The van der Waals surface area contributed by atoms with Crippen LogP contribution in [0.1, 0.15) is 23.7 Å². The van der Waals surface area contributed by atoms with E-state index in [1.807, 2.05) is 6.92 Å². The summed E-state index contributed by atoms with van der Waals surface area (Å²) >= 11 is 6.50. The van der Waals surface area contributed by atoms with Crippen molar-refractivity contribution in [3.63, 3.8) is 0 Å². The number of benzene rings is 1. The number of nitrogens with zero attached hydrogens (tertiary/aromatic N) is 5. The summed E-state index contributed by atoms with van der Waals surface area (Å²) in [6, 6.07) is 8.46. The zero-order chi connectivity index (χ0) is 26.0. The van der Waals surface area contributed by atoms with Gasteiger partial charge in [0.2, 0.25) is 0 Å². The summed E-state index contributed by atoms with van der Waals surface area (Å²) in [5, 5.41) is 1.12. The van der Waals surface area contributed by atoms with Crippen molar-refractivity contribution in [2.45, 2.75) is 13.3 Å². The normalized spacial score (nSPS) is 14.5. The number of halogens is 1. The highest BCUT2D eigenvalue weighted by Gasteiger charge is 2.26. The lowest BCUT2D eigenvalue weighted by atomic mass is 10.1. The van der Waals surface area contributed by atoms with Gasteiger partial charge in [-0.25, -0.2) is 13.8 Å². The van der Waals surface area contributed by atoms with E-state index in [0.29, 0.717) is 65.5 Å². The largest absolute Gasteiger partial charge is 0.449 e. The Balaban J connectivity index is 1.55. The van der Waals surface area contributed by atoms with Crippen LogP contribution in [0.5, 0.6) is 0 Å². The number of carbonyl (C=O) groups excluding carboxylic acids is 2. The minimum Gasteiger partial charge on any atom is -0.449 e. The molecule has 2 aromatic heterocycles. The lowest BCUT2D eigenvalue weighted by Gasteiger charge is -2.34. The zero-order valence-corrected chi connectivity index (χ0v) is 21.9. The molecular formula is C24H28ClN5O5S. The smallest absolute Gasteiger partial charge is 0.409 e. The molecule has 0 unspecified atom stereocenters. The highest BCUT2D eigenvalue weighted by molar-refractivity contribution is 7.87. The van der Waals surface area contributed by atoms with Crippen LogP contribution in [-0.4, -0.2) is 90.4 Å². The van der Waals surface area contributed by atoms with Gasteiger partial charge in [-0.1, -0.05) is 24.6 Å². The van der Waals surface area contributed by atoms with Gasteiger partial charge in [-0.3, -0.25) is 4.79 Å². The third kappa shape index (κ3) is 5.18. The van der Waals surface area contributed by atoms with Gasteiger partial charge in [0.25, 0.3) is 5.91 Å². The van der Waals surface area contributed by atoms with Crippen molar-refractivity contribution in [1.29, 1.82) is 0 Å². The average molecular weight is 534 g/mol. The van der Waals surface area contributed by atoms with Crippen LogP contribution < -0.4 is 0 Å². The number of rotatable bonds is 6. The van der Waals surface area contributed by atoms with E-state index in [-0.39, 0.29) is 12.0 Å². The molecule has 0 saturated carbocycles. The van der Waals surface area contributed by atoms with E-state index in [9.17, 15) is 18.0 Å². The summed E-state index contributed by atoms with van der Waals surface area (Å²) in [6.45, 7) is 3.93. The second-order valence-electron chi connectivity index (χ2n) is 8.64. The predicted octanol–water partition coefficient (Wildman–Crippen LogP) is 3.32. The number of hydrogen-bond donors (Lipinski definition) is 0. The molecule has 0 bridgehead atoms. The lowest BCUT2D eigenvalue weighted by Crippen LogP contribution is -2.50. The summed E-state index contributed by atoms with van der Waals surface area (Å²) in [6.07, 6.45) is 3.32. The Kier molecular flexibility index (Phi) is 7.53. The van der Waals surface area contributed by atoms with Crippen LogP contribution >= 0.6 is 11.6 Å². The molecule has 1 aliphatic rings. The number of amides is 2. The Morgan fingerprint density at radius 1 is 1.08 bits per heavy atom. The molecule has 1 saturated heterocycles. The van der Waals surface area contributed by atoms with Crippen LogP contribution in [0.3, 0.4) is 0 Å². The molecule has 0 radical (unpaired) electrons. The van der Waals surface area contributed by atoms with Gasteiger partial charge < -0.3 is 14.5 Å². The van der Waals surface area contributed by atoms with Gasteiger partial charge >= 0.3 is 16.3 Å². The number of carbonyl (C=O) groups is 2. The maximum Gasteiger partial charge on any atom is 0.409 e. The van der Waals surface area contributed by atoms with Crippen molar-refractivity contribution < 1.29 is 22.7 Å². The molecule has 1 aromatic carbocycles. The fourth-order valence-electron chi connectivity index (χ4n) is 3.88. The number of fused-ring (bicyclic) bond motifs is 1. The molecule has 0 N–H and O–H groups in total. The van der Waals surface area contributed by atoms with Crippen molar-refractivity contribution in [3.8, 4) is 11.3 Å². The third-order valence-electron chi connectivity index (χ3n) is 5.95. The molecule has 0 spiro atoms. The highest BCUT2D eigenvalue weighted by atomic mass is 35.5. The summed E-state index contributed by atoms with van der Waals surface area (Å²) in [4.78, 5) is 33.2. The molecule has 3 aromatic rings. The lowest BCUT2D eigenvalue weighted by molar-refractivity contribution is 0.0560. The topological polar surface area (TPSA) is 105 Å². The molecule has 1 fully saturated rings. The van der Waals surface area contributed by atoms with Crippen LogP contribution in [0, 0.1) is 0 Å². The van der Waals surface area contributed by atoms with Crippen LogP contribution in [0.25, 0.3) is 22.2 Å². The van der Waals surface area contributed by atoms with Gasteiger partial charge in [-0.2, -0.15) is 12.7 Å². The highest BCUT2D eigenvalue weighted by Crippen LogP contribution is 2.29. The SMILES string of the molecule is CCCOC(=O)N1CCN(C(=O)c2ccc3c(Cl)cc(-c4ccn(S(=O)(=O)N(C)C)c4)nc3c2)CC1. The first-order chi connectivity index (χ1) is 17.1. The van der Waals surface area contributed by atoms with Crippen LogP contribution in [0.2, 0.25) is 5.02 Å². The molecule has 36 heavy (non-hydrogen) atoms. The molecule has 0 aliphatic carbocycles. The summed E-state index contributed by atoms with van der Waals surface area (Å²) in [5.74, 6) is -0.162. The number of hydrogen-bond acceptors (Lipinski definition) is 6. The number of ether oxygens (including phenoxy) is 1. The molecule has 2 amide bonds. The molecule has 0 atom stereocenters. The van der Waals surface area contributed by atoms with E-state index in [2.05, 4.69) is 4.98 Å². The van der Waals surface area contributed by atoms with Gasteiger partial charge in [-0.05, 0) is 30.7 Å². The van der Waals surface area contributed by atoms with E-state index in [4.69, 9.17) is 16.3 Å². The van der Waals surface area contributed by atoms with Crippen molar-refractivity contribution in [1.82, 2.24) is 23.1 Å². The Bertz CT molecular complexity index is 1400. The number of piperazine rings is 1. The summed E-state index contributed by atoms with van der Waals surface area (Å²) in [5.41, 5.74) is 2.04.